The maximum atomic E-state index is 12.3. The maximum Gasteiger partial charge on any atom is 0.387 e. The molecule has 1 N–H and O–H groups in total. The Hall–Kier alpha value is -1.90. The average molecular weight is 419 g/mol. The number of carbonyl (C=O) groups excluding carboxylic acids is 1. The van der Waals surface area contributed by atoms with Crippen LogP contribution in [0.3, 0.4) is 0 Å². The number of rotatable bonds is 6. The number of para-hydroxylation sites is 2. The van der Waals surface area contributed by atoms with E-state index in [9.17, 15) is 13.6 Å². The summed E-state index contributed by atoms with van der Waals surface area (Å²) in [7, 11) is 0. The van der Waals surface area contributed by atoms with Gasteiger partial charge in [-0.3, -0.25) is 4.79 Å². The summed E-state index contributed by atoms with van der Waals surface area (Å²) in [6.07, 6.45) is 0. The Morgan fingerprint density at radius 2 is 1.82 bits per heavy atom. The minimum atomic E-state index is -2.96. The molecule has 0 unspecified atom stereocenters. The lowest BCUT2D eigenvalue weighted by Gasteiger charge is -2.12. The van der Waals surface area contributed by atoms with Crippen molar-refractivity contribution in [3.63, 3.8) is 0 Å². The molecular formula is C15H12F2INO3. The first-order valence-electron chi connectivity index (χ1n) is 6.26. The third-order valence-corrected chi connectivity index (χ3v) is 3.28. The molecule has 0 bridgehead atoms. The molecule has 4 nitrogen and oxygen atoms in total. The van der Waals surface area contributed by atoms with Gasteiger partial charge in [-0.2, -0.15) is 8.78 Å². The highest BCUT2D eigenvalue weighted by atomic mass is 127. The van der Waals surface area contributed by atoms with Crippen molar-refractivity contribution < 1.29 is 23.0 Å². The van der Waals surface area contributed by atoms with Gasteiger partial charge in [0.25, 0.3) is 5.91 Å². The van der Waals surface area contributed by atoms with E-state index in [0.29, 0.717) is 5.75 Å². The molecule has 0 spiro atoms. The smallest absolute Gasteiger partial charge is 0.387 e. The second-order valence-electron chi connectivity index (χ2n) is 4.17. The number of alkyl halides is 2. The van der Waals surface area contributed by atoms with E-state index < -0.39 is 12.5 Å². The Morgan fingerprint density at radius 1 is 1.14 bits per heavy atom. The zero-order valence-electron chi connectivity index (χ0n) is 11.3. The number of halogens is 3. The van der Waals surface area contributed by atoms with Gasteiger partial charge < -0.3 is 14.8 Å². The molecule has 0 radical (unpaired) electrons. The van der Waals surface area contributed by atoms with E-state index in [-0.39, 0.29) is 18.0 Å². The SMILES string of the molecule is O=C(COc1ccc(I)cc1)Nc1ccccc1OC(F)F. The topological polar surface area (TPSA) is 47.6 Å². The largest absolute Gasteiger partial charge is 0.484 e. The van der Waals surface area contributed by atoms with Gasteiger partial charge in [-0.05, 0) is 59.0 Å². The van der Waals surface area contributed by atoms with Gasteiger partial charge in [-0.1, -0.05) is 12.1 Å². The first kappa shape index (κ1) is 16.5. The predicted octanol–water partition coefficient (Wildman–Crippen LogP) is 3.91. The normalized spacial score (nSPS) is 10.4. The van der Waals surface area contributed by atoms with Crippen LogP contribution >= 0.6 is 22.6 Å². The molecule has 0 aromatic heterocycles. The van der Waals surface area contributed by atoms with Crippen LogP contribution in [-0.2, 0) is 4.79 Å². The fraction of sp³-hybridized carbons (Fsp3) is 0.133. The van der Waals surface area contributed by atoms with E-state index in [2.05, 4.69) is 32.6 Å². The van der Waals surface area contributed by atoms with Gasteiger partial charge in [0.2, 0.25) is 0 Å². The molecule has 0 fully saturated rings. The summed E-state index contributed by atoms with van der Waals surface area (Å²) >= 11 is 2.16. The van der Waals surface area contributed by atoms with Gasteiger partial charge in [0.15, 0.2) is 6.61 Å². The molecule has 0 aliphatic carbocycles. The van der Waals surface area contributed by atoms with Crippen LogP contribution in [0.25, 0.3) is 0 Å². The maximum absolute atomic E-state index is 12.3. The molecular weight excluding hydrogens is 407 g/mol. The summed E-state index contributed by atoms with van der Waals surface area (Å²) in [5.41, 5.74) is 0.166. The molecule has 0 atom stereocenters. The molecule has 22 heavy (non-hydrogen) atoms. The molecule has 1 amide bonds. The number of carbonyl (C=O) groups is 1. The molecule has 0 aliphatic heterocycles. The second-order valence-corrected chi connectivity index (χ2v) is 5.41. The number of nitrogens with one attached hydrogen (secondary N) is 1. The summed E-state index contributed by atoms with van der Waals surface area (Å²) in [6.45, 7) is -3.19. The minimum Gasteiger partial charge on any atom is -0.484 e. The molecule has 0 heterocycles. The van der Waals surface area contributed by atoms with E-state index in [1.54, 1.807) is 18.2 Å². The molecule has 2 rings (SSSR count). The van der Waals surface area contributed by atoms with Crippen LogP contribution in [0.1, 0.15) is 0 Å². The summed E-state index contributed by atoms with van der Waals surface area (Å²) in [4.78, 5) is 11.8. The lowest BCUT2D eigenvalue weighted by Crippen LogP contribution is -2.20. The summed E-state index contributed by atoms with van der Waals surface area (Å²) < 4.78 is 35.3. The summed E-state index contributed by atoms with van der Waals surface area (Å²) in [5, 5.41) is 2.47. The van der Waals surface area contributed by atoms with Gasteiger partial charge >= 0.3 is 6.61 Å². The Labute approximate surface area is 139 Å². The van der Waals surface area contributed by atoms with Crippen molar-refractivity contribution in [2.24, 2.45) is 0 Å². The number of hydrogen-bond acceptors (Lipinski definition) is 3. The van der Waals surface area contributed by atoms with Crippen LogP contribution in [0.2, 0.25) is 0 Å². The van der Waals surface area contributed by atoms with Crippen LogP contribution in [0.5, 0.6) is 11.5 Å². The van der Waals surface area contributed by atoms with Gasteiger partial charge in [-0.15, -0.1) is 0 Å². The van der Waals surface area contributed by atoms with Crippen LogP contribution in [-0.4, -0.2) is 19.1 Å². The number of ether oxygens (including phenoxy) is 2. The molecule has 0 aliphatic rings. The third-order valence-electron chi connectivity index (χ3n) is 2.56. The van der Waals surface area contributed by atoms with E-state index in [4.69, 9.17) is 4.74 Å². The summed E-state index contributed by atoms with van der Waals surface area (Å²) in [5.74, 6) is -0.0170. The highest BCUT2D eigenvalue weighted by molar-refractivity contribution is 14.1. The van der Waals surface area contributed by atoms with Gasteiger partial charge in [-0.25, -0.2) is 0 Å². The molecule has 7 heteroatoms. The van der Waals surface area contributed by atoms with E-state index in [1.165, 1.54) is 18.2 Å². The van der Waals surface area contributed by atoms with Crippen LogP contribution in [0.4, 0.5) is 14.5 Å². The molecule has 2 aromatic carbocycles. The first-order valence-corrected chi connectivity index (χ1v) is 7.34. The lowest BCUT2D eigenvalue weighted by atomic mass is 10.3. The quantitative estimate of drug-likeness (QED) is 0.723. The third kappa shape index (κ3) is 5.14. The zero-order chi connectivity index (χ0) is 15.9. The minimum absolute atomic E-state index is 0.0971. The van der Waals surface area contributed by atoms with E-state index in [0.717, 1.165) is 3.57 Å². The van der Waals surface area contributed by atoms with Crippen molar-refractivity contribution >= 4 is 34.2 Å². The lowest BCUT2D eigenvalue weighted by molar-refractivity contribution is -0.118. The van der Waals surface area contributed by atoms with E-state index >= 15 is 0 Å². The summed E-state index contributed by atoms with van der Waals surface area (Å²) in [6, 6.07) is 13.1. The Kier molecular flexibility index (Phi) is 5.93. The van der Waals surface area contributed by atoms with Gasteiger partial charge in [0, 0.05) is 3.57 Å². The fourth-order valence-electron chi connectivity index (χ4n) is 1.63. The van der Waals surface area contributed by atoms with Crippen molar-refractivity contribution in [1.29, 1.82) is 0 Å². The van der Waals surface area contributed by atoms with Crippen molar-refractivity contribution in [3.05, 3.63) is 52.1 Å². The van der Waals surface area contributed by atoms with Gasteiger partial charge in [0.05, 0.1) is 5.69 Å². The van der Waals surface area contributed by atoms with Crippen molar-refractivity contribution in [1.82, 2.24) is 0 Å². The number of benzene rings is 2. The number of anilines is 1. The van der Waals surface area contributed by atoms with Crippen LogP contribution < -0.4 is 14.8 Å². The van der Waals surface area contributed by atoms with E-state index in [1.807, 2.05) is 12.1 Å². The van der Waals surface area contributed by atoms with Crippen molar-refractivity contribution in [2.75, 3.05) is 11.9 Å². The molecule has 0 saturated carbocycles. The average Bonchev–Trinajstić information content (AvgIpc) is 2.48. The monoisotopic (exact) mass is 419 g/mol. The molecule has 0 saturated heterocycles. The van der Waals surface area contributed by atoms with Crippen molar-refractivity contribution in [2.45, 2.75) is 6.61 Å². The first-order chi connectivity index (χ1) is 10.5. The van der Waals surface area contributed by atoms with Gasteiger partial charge in [0.1, 0.15) is 11.5 Å². The Balaban J connectivity index is 1.93. The Morgan fingerprint density at radius 3 is 2.50 bits per heavy atom. The zero-order valence-corrected chi connectivity index (χ0v) is 13.4. The standard InChI is InChI=1S/C15H12F2INO3/c16-15(17)22-13-4-2-1-3-12(13)19-14(20)9-21-11-7-5-10(18)6-8-11/h1-8,15H,9H2,(H,19,20). The number of hydrogen-bond donors (Lipinski definition) is 1. The Bertz CT molecular complexity index is 635. The number of amides is 1. The fourth-order valence-corrected chi connectivity index (χ4v) is 1.99. The molecule has 2 aromatic rings. The molecule has 116 valence electrons. The van der Waals surface area contributed by atoms with Crippen LogP contribution in [0.15, 0.2) is 48.5 Å². The second kappa shape index (κ2) is 7.92. The highest BCUT2D eigenvalue weighted by Gasteiger charge is 2.11. The predicted molar refractivity (Wildman–Crippen MR) is 86.4 cm³/mol. The van der Waals surface area contributed by atoms with Crippen LogP contribution in [0, 0.1) is 3.57 Å². The highest BCUT2D eigenvalue weighted by Crippen LogP contribution is 2.25. The van der Waals surface area contributed by atoms with Crippen molar-refractivity contribution in [3.8, 4) is 11.5 Å².